The summed E-state index contributed by atoms with van der Waals surface area (Å²) in [6.07, 6.45) is 3.33. The van der Waals surface area contributed by atoms with Crippen LogP contribution in [-0.2, 0) is 4.79 Å². The zero-order valence-corrected chi connectivity index (χ0v) is 8.05. The number of carbonyl (C=O) groups is 1. The van der Waals surface area contributed by atoms with Gasteiger partial charge < -0.3 is 4.90 Å². The molecule has 0 rings (SSSR count). The van der Waals surface area contributed by atoms with E-state index in [2.05, 4.69) is 13.2 Å². The molecule has 0 saturated heterocycles. The van der Waals surface area contributed by atoms with Gasteiger partial charge in [0.1, 0.15) is 5.38 Å². The van der Waals surface area contributed by atoms with Gasteiger partial charge in [0, 0.05) is 13.1 Å². The third-order valence-corrected chi connectivity index (χ3v) is 1.54. The molecule has 68 valence electrons. The lowest BCUT2D eigenvalue weighted by atomic mass is 10.3. The van der Waals surface area contributed by atoms with E-state index in [0.29, 0.717) is 13.1 Å². The van der Waals surface area contributed by atoms with Crippen molar-refractivity contribution in [1.29, 1.82) is 0 Å². The van der Waals surface area contributed by atoms with E-state index in [4.69, 9.17) is 11.6 Å². The first-order valence-corrected chi connectivity index (χ1v) is 4.21. The van der Waals surface area contributed by atoms with Gasteiger partial charge in [-0.15, -0.1) is 24.8 Å². The number of carbonyl (C=O) groups excluding carboxylic acids is 1. The molecule has 1 amide bonds. The third kappa shape index (κ3) is 3.58. The highest BCUT2D eigenvalue weighted by Gasteiger charge is 2.15. The Labute approximate surface area is 78.5 Å². The second-order valence-electron chi connectivity index (χ2n) is 2.44. The van der Waals surface area contributed by atoms with Crippen LogP contribution in [0.4, 0.5) is 0 Å². The minimum atomic E-state index is -0.482. The molecule has 0 aromatic rings. The molecule has 0 aromatic carbocycles. The second kappa shape index (κ2) is 5.84. The van der Waals surface area contributed by atoms with Gasteiger partial charge in [0.2, 0.25) is 5.91 Å². The van der Waals surface area contributed by atoms with Gasteiger partial charge in [-0.05, 0) is 6.92 Å². The minimum absolute atomic E-state index is 0.0866. The Morgan fingerprint density at radius 2 is 1.92 bits per heavy atom. The molecule has 3 heteroatoms. The van der Waals surface area contributed by atoms with Crippen molar-refractivity contribution in [2.75, 3.05) is 13.1 Å². The molecule has 0 unspecified atom stereocenters. The second-order valence-corrected chi connectivity index (χ2v) is 3.09. The number of hydrogen-bond donors (Lipinski definition) is 0. The predicted molar refractivity (Wildman–Crippen MR) is 52.3 cm³/mol. The summed E-state index contributed by atoms with van der Waals surface area (Å²) in [6, 6.07) is 0. The first-order chi connectivity index (χ1) is 5.63. The summed E-state index contributed by atoms with van der Waals surface area (Å²) < 4.78 is 0. The highest BCUT2D eigenvalue weighted by molar-refractivity contribution is 6.30. The van der Waals surface area contributed by atoms with Crippen LogP contribution in [0.3, 0.4) is 0 Å². The summed E-state index contributed by atoms with van der Waals surface area (Å²) in [7, 11) is 0. The zero-order chi connectivity index (χ0) is 9.56. The third-order valence-electron chi connectivity index (χ3n) is 1.35. The average Bonchev–Trinajstić information content (AvgIpc) is 2.03. The van der Waals surface area contributed by atoms with Crippen LogP contribution >= 0.6 is 11.6 Å². The molecule has 0 N–H and O–H groups in total. The summed E-state index contributed by atoms with van der Waals surface area (Å²) in [5, 5.41) is -0.482. The fourth-order valence-corrected chi connectivity index (χ4v) is 0.956. The summed E-state index contributed by atoms with van der Waals surface area (Å²) in [6.45, 7) is 9.79. The molecule has 0 aliphatic carbocycles. The molecule has 0 heterocycles. The van der Waals surface area contributed by atoms with E-state index >= 15 is 0 Å². The van der Waals surface area contributed by atoms with E-state index in [1.165, 1.54) is 0 Å². The molecule has 0 spiro atoms. The maximum Gasteiger partial charge on any atom is 0.240 e. The van der Waals surface area contributed by atoms with Crippen LogP contribution in [0, 0.1) is 0 Å². The number of halogens is 1. The van der Waals surface area contributed by atoms with Gasteiger partial charge >= 0.3 is 0 Å². The zero-order valence-electron chi connectivity index (χ0n) is 7.29. The van der Waals surface area contributed by atoms with Crippen molar-refractivity contribution in [2.24, 2.45) is 0 Å². The highest BCUT2D eigenvalue weighted by Crippen LogP contribution is 2.01. The molecule has 0 radical (unpaired) electrons. The van der Waals surface area contributed by atoms with Crippen LogP contribution in [-0.4, -0.2) is 29.3 Å². The van der Waals surface area contributed by atoms with Gasteiger partial charge in [0.25, 0.3) is 0 Å². The highest BCUT2D eigenvalue weighted by atomic mass is 35.5. The predicted octanol–water partition coefficient (Wildman–Crippen LogP) is 1.81. The SMILES string of the molecule is C=CCN(CC=C)C(=O)[C@H](C)Cl. The maximum atomic E-state index is 11.3. The van der Waals surface area contributed by atoms with Gasteiger partial charge in [0.15, 0.2) is 0 Å². The van der Waals surface area contributed by atoms with Crippen LogP contribution in [0.15, 0.2) is 25.3 Å². The molecule has 0 saturated carbocycles. The Bertz CT molecular complexity index is 167. The average molecular weight is 188 g/mol. The van der Waals surface area contributed by atoms with E-state index < -0.39 is 5.38 Å². The molecular weight excluding hydrogens is 174 g/mol. The molecule has 0 aromatic heterocycles. The number of amides is 1. The Balaban J connectivity index is 4.17. The van der Waals surface area contributed by atoms with Crippen molar-refractivity contribution in [3.8, 4) is 0 Å². The number of alkyl halides is 1. The standard InChI is InChI=1S/C9H14ClNO/c1-4-6-11(7-5-2)9(12)8(3)10/h4-5,8H,1-2,6-7H2,3H3/t8-/m0/s1. The molecule has 0 aliphatic heterocycles. The Kier molecular flexibility index (Phi) is 5.47. The summed E-state index contributed by atoms with van der Waals surface area (Å²) in [4.78, 5) is 12.9. The Morgan fingerprint density at radius 1 is 1.50 bits per heavy atom. The Hall–Kier alpha value is -0.760. The van der Waals surface area contributed by atoms with Gasteiger partial charge in [-0.1, -0.05) is 12.2 Å². The van der Waals surface area contributed by atoms with Crippen LogP contribution in [0.5, 0.6) is 0 Å². The summed E-state index contributed by atoms with van der Waals surface area (Å²) in [5.41, 5.74) is 0. The maximum absolute atomic E-state index is 11.3. The van der Waals surface area contributed by atoms with Crippen LogP contribution in [0.2, 0.25) is 0 Å². The Morgan fingerprint density at radius 3 is 2.17 bits per heavy atom. The van der Waals surface area contributed by atoms with Crippen molar-refractivity contribution in [2.45, 2.75) is 12.3 Å². The van der Waals surface area contributed by atoms with Gasteiger partial charge in [0.05, 0.1) is 0 Å². The molecule has 0 bridgehead atoms. The molecule has 2 nitrogen and oxygen atoms in total. The van der Waals surface area contributed by atoms with Crippen molar-refractivity contribution in [3.05, 3.63) is 25.3 Å². The van der Waals surface area contributed by atoms with E-state index in [9.17, 15) is 4.79 Å². The number of nitrogens with zero attached hydrogens (tertiary/aromatic N) is 1. The van der Waals surface area contributed by atoms with E-state index in [1.807, 2.05) is 0 Å². The number of rotatable bonds is 5. The van der Waals surface area contributed by atoms with E-state index in [0.717, 1.165) is 0 Å². The fraction of sp³-hybridized carbons (Fsp3) is 0.444. The van der Waals surface area contributed by atoms with Gasteiger partial charge in [-0.2, -0.15) is 0 Å². The van der Waals surface area contributed by atoms with Crippen molar-refractivity contribution in [3.63, 3.8) is 0 Å². The van der Waals surface area contributed by atoms with Crippen LogP contribution in [0.25, 0.3) is 0 Å². The molecule has 0 aliphatic rings. The molecule has 1 atom stereocenters. The molecule has 12 heavy (non-hydrogen) atoms. The van der Waals surface area contributed by atoms with Crippen molar-refractivity contribution < 1.29 is 4.79 Å². The van der Waals surface area contributed by atoms with Crippen LogP contribution in [0.1, 0.15) is 6.92 Å². The summed E-state index contributed by atoms with van der Waals surface area (Å²) in [5.74, 6) is -0.0866. The lowest BCUT2D eigenvalue weighted by molar-refractivity contribution is -0.129. The first-order valence-electron chi connectivity index (χ1n) is 3.78. The van der Waals surface area contributed by atoms with Crippen LogP contribution < -0.4 is 0 Å². The first kappa shape index (κ1) is 11.2. The topological polar surface area (TPSA) is 20.3 Å². The van der Waals surface area contributed by atoms with E-state index in [-0.39, 0.29) is 5.91 Å². The lowest BCUT2D eigenvalue weighted by Gasteiger charge is -2.20. The molecule has 0 fully saturated rings. The van der Waals surface area contributed by atoms with Gasteiger partial charge in [-0.3, -0.25) is 4.79 Å². The quantitative estimate of drug-likeness (QED) is 0.475. The van der Waals surface area contributed by atoms with Gasteiger partial charge in [-0.25, -0.2) is 0 Å². The largest absolute Gasteiger partial charge is 0.334 e. The summed E-state index contributed by atoms with van der Waals surface area (Å²) >= 11 is 5.63. The normalized spacial score (nSPS) is 11.8. The van der Waals surface area contributed by atoms with Crippen molar-refractivity contribution >= 4 is 17.5 Å². The fourth-order valence-electron chi connectivity index (χ4n) is 0.818. The molecular formula is C9H14ClNO. The van der Waals surface area contributed by atoms with Crippen molar-refractivity contribution in [1.82, 2.24) is 4.90 Å². The van der Waals surface area contributed by atoms with E-state index in [1.54, 1.807) is 24.0 Å². The minimum Gasteiger partial charge on any atom is -0.334 e. The smallest absolute Gasteiger partial charge is 0.240 e. The number of hydrogen-bond acceptors (Lipinski definition) is 1. The lowest BCUT2D eigenvalue weighted by Crippen LogP contribution is -2.35. The monoisotopic (exact) mass is 187 g/mol.